The van der Waals surface area contributed by atoms with Crippen LogP contribution in [-0.2, 0) is 9.53 Å². The molecule has 2 aromatic rings. The second-order valence-electron chi connectivity index (χ2n) is 6.22. The van der Waals surface area contributed by atoms with E-state index in [4.69, 9.17) is 9.15 Å². The molecular weight excluding hydrogens is 320 g/mol. The lowest BCUT2D eigenvalue weighted by Gasteiger charge is -2.19. The van der Waals surface area contributed by atoms with Gasteiger partial charge in [0, 0.05) is 18.5 Å². The Morgan fingerprint density at radius 3 is 2.84 bits per heavy atom. The minimum atomic E-state index is -0.536. The first-order valence-corrected chi connectivity index (χ1v) is 8.60. The van der Waals surface area contributed by atoms with Crippen molar-refractivity contribution in [2.75, 3.05) is 19.7 Å². The fourth-order valence-corrected chi connectivity index (χ4v) is 2.89. The number of ether oxygens (including phenoxy) is 1. The first-order chi connectivity index (χ1) is 12.1. The van der Waals surface area contributed by atoms with E-state index in [0.717, 1.165) is 36.9 Å². The van der Waals surface area contributed by atoms with Gasteiger partial charge >= 0.3 is 5.97 Å². The average Bonchev–Trinajstić information content (AvgIpc) is 3.01. The zero-order chi connectivity index (χ0) is 17.6. The minimum absolute atomic E-state index is 0.135. The standard InChI is InChI=1S/C19H22N2O4/c1-14-6-8-15(9-7-14)18-17(20-13-25-18)19(23)24-12-11-21-10-4-2-3-5-16(21)22/h6-9,13H,2-5,10-12H2,1H3. The van der Waals surface area contributed by atoms with Gasteiger partial charge in [-0.2, -0.15) is 0 Å². The van der Waals surface area contributed by atoms with Crippen molar-refractivity contribution >= 4 is 11.9 Å². The van der Waals surface area contributed by atoms with Gasteiger partial charge in [0.05, 0.1) is 6.54 Å². The molecule has 0 unspecified atom stereocenters. The van der Waals surface area contributed by atoms with Gasteiger partial charge in [0.1, 0.15) is 6.61 Å². The number of esters is 1. The predicted octanol–water partition coefficient (Wildman–Crippen LogP) is 3.21. The fraction of sp³-hybridized carbons (Fsp3) is 0.421. The van der Waals surface area contributed by atoms with Crippen molar-refractivity contribution in [3.63, 3.8) is 0 Å². The number of carbonyl (C=O) groups is 2. The van der Waals surface area contributed by atoms with E-state index in [2.05, 4.69) is 4.98 Å². The number of likely N-dealkylation sites (tertiary alicyclic amines) is 1. The zero-order valence-corrected chi connectivity index (χ0v) is 14.4. The zero-order valence-electron chi connectivity index (χ0n) is 14.4. The first-order valence-electron chi connectivity index (χ1n) is 8.60. The smallest absolute Gasteiger partial charge is 0.361 e. The Kier molecular flexibility index (Phi) is 5.48. The second-order valence-corrected chi connectivity index (χ2v) is 6.22. The molecule has 25 heavy (non-hydrogen) atoms. The van der Waals surface area contributed by atoms with E-state index in [1.807, 2.05) is 31.2 Å². The summed E-state index contributed by atoms with van der Waals surface area (Å²) in [6.45, 7) is 3.30. The lowest BCUT2D eigenvalue weighted by molar-refractivity contribution is -0.131. The molecule has 1 aliphatic heterocycles. The van der Waals surface area contributed by atoms with Crippen molar-refractivity contribution in [2.45, 2.75) is 32.6 Å². The van der Waals surface area contributed by atoms with E-state index in [1.54, 1.807) is 4.90 Å². The van der Waals surface area contributed by atoms with Crippen LogP contribution in [0.2, 0.25) is 0 Å². The molecule has 1 fully saturated rings. The van der Waals surface area contributed by atoms with Gasteiger partial charge in [-0.05, 0) is 19.8 Å². The molecule has 0 saturated carbocycles. The third-order valence-corrected chi connectivity index (χ3v) is 4.34. The number of aryl methyl sites for hydroxylation is 1. The Balaban J connectivity index is 1.60. The Hall–Kier alpha value is -2.63. The highest BCUT2D eigenvalue weighted by molar-refractivity contribution is 5.93. The van der Waals surface area contributed by atoms with Crippen molar-refractivity contribution in [2.24, 2.45) is 0 Å². The highest BCUT2D eigenvalue weighted by Gasteiger charge is 2.21. The monoisotopic (exact) mass is 342 g/mol. The largest absolute Gasteiger partial charge is 0.459 e. The van der Waals surface area contributed by atoms with Gasteiger partial charge in [0.15, 0.2) is 17.8 Å². The number of hydrogen-bond donors (Lipinski definition) is 0. The molecular formula is C19H22N2O4. The molecule has 1 amide bonds. The van der Waals surface area contributed by atoms with Crippen LogP contribution in [0.3, 0.4) is 0 Å². The number of nitrogens with zero attached hydrogens (tertiary/aromatic N) is 2. The number of benzene rings is 1. The summed E-state index contributed by atoms with van der Waals surface area (Å²) in [5.41, 5.74) is 2.05. The van der Waals surface area contributed by atoms with Crippen LogP contribution < -0.4 is 0 Å². The van der Waals surface area contributed by atoms with Gasteiger partial charge in [-0.1, -0.05) is 36.2 Å². The van der Waals surface area contributed by atoms with E-state index in [1.165, 1.54) is 6.39 Å². The van der Waals surface area contributed by atoms with Crippen molar-refractivity contribution in [1.29, 1.82) is 0 Å². The highest BCUT2D eigenvalue weighted by atomic mass is 16.5. The predicted molar refractivity (Wildman–Crippen MR) is 92.0 cm³/mol. The second kappa shape index (κ2) is 7.96. The van der Waals surface area contributed by atoms with Crippen LogP contribution in [0.25, 0.3) is 11.3 Å². The minimum Gasteiger partial charge on any atom is -0.459 e. The van der Waals surface area contributed by atoms with Crippen LogP contribution in [0, 0.1) is 6.92 Å². The van der Waals surface area contributed by atoms with Gasteiger partial charge in [-0.3, -0.25) is 4.79 Å². The Labute approximate surface area is 146 Å². The van der Waals surface area contributed by atoms with Crippen molar-refractivity contribution in [3.8, 4) is 11.3 Å². The van der Waals surface area contributed by atoms with Gasteiger partial charge in [0.2, 0.25) is 5.91 Å². The lowest BCUT2D eigenvalue weighted by Crippen LogP contribution is -2.33. The summed E-state index contributed by atoms with van der Waals surface area (Å²) < 4.78 is 10.7. The highest BCUT2D eigenvalue weighted by Crippen LogP contribution is 2.24. The van der Waals surface area contributed by atoms with Gasteiger partial charge in [0.25, 0.3) is 0 Å². The first kappa shape index (κ1) is 17.2. The molecule has 2 heterocycles. The van der Waals surface area contributed by atoms with Crippen LogP contribution in [-0.4, -0.2) is 41.5 Å². The molecule has 6 nitrogen and oxygen atoms in total. The van der Waals surface area contributed by atoms with Gasteiger partial charge in [-0.15, -0.1) is 0 Å². The average molecular weight is 342 g/mol. The summed E-state index contributed by atoms with van der Waals surface area (Å²) in [6.07, 6.45) is 4.83. The summed E-state index contributed by atoms with van der Waals surface area (Å²) in [5.74, 6) is -0.00206. The molecule has 0 aliphatic carbocycles. The van der Waals surface area contributed by atoms with Crippen LogP contribution in [0.4, 0.5) is 0 Å². The van der Waals surface area contributed by atoms with E-state index < -0.39 is 5.97 Å². The van der Waals surface area contributed by atoms with E-state index in [9.17, 15) is 9.59 Å². The number of aromatic nitrogens is 1. The Morgan fingerprint density at radius 2 is 2.04 bits per heavy atom. The summed E-state index contributed by atoms with van der Waals surface area (Å²) in [4.78, 5) is 30.0. The van der Waals surface area contributed by atoms with E-state index in [-0.39, 0.29) is 18.2 Å². The molecule has 1 aliphatic rings. The summed E-state index contributed by atoms with van der Waals surface area (Å²) in [6, 6.07) is 7.64. The topological polar surface area (TPSA) is 72.6 Å². The third-order valence-electron chi connectivity index (χ3n) is 4.34. The number of oxazole rings is 1. The van der Waals surface area contributed by atoms with Crippen LogP contribution >= 0.6 is 0 Å². The number of rotatable bonds is 5. The van der Waals surface area contributed by atoms with E-state index >= 15 is 0 Å². The molecule has 0 radical (unpaired) electrons. The number of hydrogen-bond acceptors (Lipinski definition) is 5. The molecule has 0 bridgehead atoms. The number of carbonyl (C=O) groups excluding carboxylic acids is 2. The van der Waals surface area contributed by atoms with Gasteiger partial charge < -0.3 is 14.1 Å². The molecule has 1 aromatic carbocycles. The van der Waals surface area contributed by atoms with Crippen LogP contribution in [0.5, 0.6) is 0 Å². The molecule has 1 saturated heterocycles. The SMILES string of the molecule is Cc1ccc(-c2ocnc2C(=O)OCCN2CCCCCC2=O)cc1. The quantitative estimate of drug-likeness (QED) is 0.780. The molecule has 0 atom stereocenters. The van der Waals surface area contributed by atoms with Crippen LogP contribution in [0.15, 0.2) is 35.1 Å². The van der Waals surface area contributed by atoms with Crippen LogP contribution in [0.1, 0.15) is 41.7 Å². The Morgan fingerprint density at radius 1 is 1.24 bits per heavy atom. The molecule has 1 aromatic heterocycles. The fourth-order valence-electron chi connectivity index (χ4n) is 2.89. The van der Waals surface area contributed by atoms with Gasteiger partial charge in [-0.25, -0.2) is 9.78 Å². The summed E-state index contributed by atoms with van der Waals surface area (Å²) >= 11 is 0. The Bertz CT molecular complexity index is 736. The van der Waals surface area contributed by atoms with Crippen molar-refractivity contribution in [1.82, 2.24) is 9.88 Å². The maximum absolute atomic E-state index is 12.3. The molecule has 3 rings (SSSR count). The molecule has 132 valence electrons. The summed E-state index contributed by atoms with van der Waals surface area (Å²) in [7, 11) is 0. The van der Waals surface area contributed by atoms with E-state index in [0.29, 0.717) is 18.7 Å². The molecule has 6 heteroatoms. The maximum atomic E-state index is 12.3. The molecule has 0 spiro atoms. The van der Waals surface area contributed by atoms with Crippen molar-refractivity contribution in [3.05, 3.63) is 41.9 Å². The maximum Gasteiger partial charge on any atom is 0.361 e. The molecule has 0 N–H and O–H groups in total. The van der Waals surface area contributed by atoms with Crippen molar-refractivity contribution < 1.29 is 18.7 Å². The number of amides is 1. The normalized spacial score (nSPS) is 15.1. The third kappa shape index (κ3) is 4.26. The summed E-state index contributed by atoms with van der Waals surface area (Å²) in [5, 5.41) is 0. The lowest BCUT2D eigenvalue weighted by atomic mass is 10.1.